The quantitative estimate of drug-likeness (QED) is 0.592. The van der Waals surface area contributed by atoms with Crippen molar-refractivity contribution < 1.29 is 13.2 Å². The molecule has 2 aromatic rings. The van der Waals surface area contributed by atoms with Crippen molar-refractivity contribution >= 4 is 33.4 Å². The Kier molecular flexibility index (Phi) is 7.37. The molecule has 9 nitrogen and oxygen atoms in total. The molecule has 3 rings (SSSR count). The molecule has 0 spiro atoms. The zero-order chi connectivity index (χ0) is 21.7. The van der Waals surface area contributed by atoms with Gasteiger partial charge in [-0.1, -0.05) is 31.2 Å². The van der Waals surface area contributed by atoms with Crippen LogP contribution in [0, 0.1) is 0 Å². The topological polar surface area (TPSA) is 117 Å². The molecule has 0 aliphatic carbocycles. The largest absolute Gasteiger partial charge is 0.343 e. The zero-order valence-electron chi connectivity index (χ0n) is 17.1. The Balaban J connectivity index is 1.70. The summed E-state index contributed by atoms with van der Waals surface area (Å²) in [4.78, 5) is 24.6. The van der Waals surface area contributed by atoms with Crippen LogP contribution in [0.3, 0.4) is 0 Å². The molecule has 164 valence electrons. The number of aromatic amines is 1. The number of aromatic nitrogens is 3. The van der Waals surface area contributed by atoms with Crippen LogP contribution < -0.4 is 11.0 Å². The zero-order valence-corrected chi connectivity index (χ0v) is 18.8. The minimum Gasteiger partial charge on any atom is -0.325 e. The minimum absolute atomic E-state index is 0.173. The van der Waals surface area contributed by atoms with Crippen molar-refractivity contribution in [1.82, 2.24) is 19.1 Å². The number of carbonyl (C=O) groups excluding carboxylic acids is 1. The number of hydrogen-bond acceptors (Lipinski definition) is 6. The number of sulfonamides is 1. The fourth-order valence-electron chi connectivity index (χ4n) is 3.26. The van der Waals surface area contributed by atoms with Crippen molar-refractivity contribution in [1.29, 1.82) is 0 Å². The van der Waals surface area contributed by atoms with Crippen molar-refractivity contribution in [3.05, 3.63) is 34.7 Å². The van der Waals surface area contributed by atoms with Crippen LogP contribution in [0.4, 0.5) is 5.69 Å². The molecule has 0 radical (unpaired) electrons. The summed E-state index contributed by atoms with van der Waals surface area (Å²) in [5.74, 6) is -0.300. The number of nitrogens with one attached hydrogen (secondary N) is 2. The fraction of sp³-hybridized carbons (Fsp3) is 0.526. The number of hydrogen-bond donors (Lipinski definition) is 2. The first kappa shape index (κ1) is 22.6. The molecule has 2 N–H and O–H groups in total. The van der Waals surface area contributed by atoms with E-state index in [-0.39, 0.29) is 16.5 Å². The van der Waals surface area contributed by atoms with E-state index in [0.29, 0.717) is 30.5 Å². The molecule has 1 amide bonds. The third-order valence-corrected chi connectivity index (χ3v) is 7.86. The van der Waals surface area contributed by atoms with Gasteiger partial charge in [0.25, 0.3) is 0 Å². The maximum atomic E-state index is 12.9. The first-order valence-corrected chi connectivity index (χ1v) is 12.4. The molecule has 1 atom stereocenters. The van der Waals surface area contributed by atoms with Gasteiger partial charge in [-0.3, -0.25) is 9.36 Å². The van der Waals surface area contributed by atoms with Gasteiger partial charge in [0, 0.05) is 25.3 Å². The van der Waals surface area contributed by atoms with Gasteiger partial charge in [0.1, 0.15) is 0 Å². The number of H-pyrrole nitrogens is 1. The highest BCUT2D eigenvalue weighted by Crippen LogP contribution is 2.25. The summed E-state index contributed by atoms with van der Waals surface area (Å²) in [5, 5.41) is 9.08. The molecule has 2 heterocycles. The smallest absolute Gasteiger partial charge is 0.325 e. The molecule has 1 aliphatic heterocycles. The van der Waals surface area contributed by atoms with Crippen LogP contribution in [0.5, 0.6) is 0 Å². The molecule has 11 heteroatoms. The molecule has 1 saturated heterocycles. The van der Waals surface area contributed by atoms with Crippen LogP contribution in [0.2, 0.25) is 0 Å². The van der Waals surface area contributed by atoms with Crippen LogP contribution >= 0.6 is 11.8 Å². The number of carbonyl (C=O) groups is 1. The lowest BCUT2D eigenvalue weighted by Crippen LogP contribution is -2.35. The number of nitrogens with zero attached hydrogens (tertiary/aromatic N) is 3. The molecule has 0 bridgehead atoms. The van der Waals surface area contributed by atoms with Gasteiger partial charge in [0.2, 0.25) is 15.9 Å². The monoisotopic (exact) mass is 453 g/mol. The summed E-state index contributed by atoms with van der Waals surface area (Å²) in [6.07, 6.45) is 3.53. The summed E-state index contributed by atoms with van der Waals surface area (Å²) in [6.45, 7) is 5.23. The van der Waals surface area contributed by atoms with Crippen LogP contribution in [0.25, 0.3) is 0 Å². The van der Waals surface area contributed by atoms with Gasteiger partial charge < -0.3 is 5.32 Å². The lowest BCUT2D eigenvalue weighted by atomic mass is 10.2. The van der Waals surface area contributed by atoms with E-state index in [2.05, 4.69) is 15.5 Å². The second-order valence-electron chi connectivity index (χ2n) is 7.20. The number of rotatable bonds is 8. The average Bonchev–Trinajstić information content (AvgIpc) is 3.08. The van der Waals surface area contributed by atoms with E-state index in [1.54, 1.807) is 25.1 Å². The van der Waals surface area contributed by atoms with Crippen molar-refractivity contribution in [2.75, 3.05) is 18.4 Å². The Morgan fingerprint density at radius 2 is 2.03 bits per heavy atom. The maximum Gasteiger partial charge on any atom is 0.343 e. The van der Waals surface area contributed by atoms with E-state index in [0.717, 1.165) is 25.7 Å². The summed E-state index contributed by atoms with van der Waals surface area (Å²) >= 11 is 1.17. The van der Waals surface area contributed by atoms with Crippen molar-refractivity contribution in [2.24, 2.45) is 0 Å². The Labute approximate surface area is 180 Å². The summed E-state index contributed by atoms with van der Waals surface area (Å²) in [5.41, 5.74) is 0.112. The van der Waals surface area contributed by atoms with Crippen LogP contribution in [-0.4, -0.2) is 51.7 Å². The van der Waals surface area contributed by atoms with Gasteiger partial charge in [-0.15, -0.1) is 5.10 Å². The Morgan fingerprint density at radius 3 is 2.73 bits per heavy atom. The summed E-state index contributed by atoms with van der Waals surface area (Å²) < 4.78 is 28.7. The molecule has 0 saturated carbocycles. The van der Waals surface area contributed by atoms with E-state index < -0.39 is 15.3 Å². The van der Waals surface area contributed by atoms with E-state index in [1.165, 1.54) is 26.7 Å². The average molecular weight is 454 g/mol. The van der Waals surface area contributed by atoms with Crippen LogP contribution in [-0.2, 0) is 21.4 Å². The highest BCUT2D eigenvalue weighted by molar-refractivity contribution is 8.00. The number of piperidine rings is 1. The van der Waals surface area contributed by atoms with Gasteiger partial charge in [0.05, 0.1) is 10.1 Å². The highest BCUT2D eigenvalue weighted by atomic mass is 32.2. The van der Waals surface area contributed by atoms with Crippen LogP contribution in [0.15, 0.2) is 39.1 Å². The van der Waals surface area contributed by atoms with Gasteiger partial charge in [-0.2, -0.15) is 4.31 Å². The second-order valence-corrected chi connectivity index (χ2v) is 10.5. The molecule has 1 aromatic carbocycles. The maximum absolute atomic E-state index is 12.9. The predicted octanol–water partition coefficient (Wildman–Crippen LogP) is 2.28. The lowest BCUT2D eigenvalue weighted by molar-refractivity contribution is -0.115. The van der Waals surface area contributed by atoms with E-state index in [9.17, 15) is 18.0 Å². The minimum atomic E-state index is -3.57. The molecule has 1 fully saturated rings. The van der Waals surface area contributed by atoms with Gasteiger partial charge in [-0.25, -0.2) is 18.3 Å². The first-order chi connectivity index (χ1) is 14.3. The highest BCUT2D eigenvalue weighted by Gasteiger charge is 2.26. The standard InChI is InChI=1S/C19H27N5O4S2/c1-3-10-24-18(26)21-22-19(24)29-14(2)17(25)20-15-8-7-9-16(13-15)30(27,28)23-11-5-4-6-12-23/h7-9,13-14H,3-6,10-12H2,1-2H3,(H,20,25)(H,21,26). The predicted molar refractivity (Wildman–Crippen MR) is 116 cm³/mol. The van der Waals surface area contributed by atoms with Gasteiger partial charge in [-0.05, 0) is 44.4 Å². The molecular formula is C19H27N5O4S2. The van der Waals surface area contributed by atoms with E-state index >= 15 is 0 Å². The SMILES string of the molecule is CCCn1c(SC(C)C(=O)Nc2cccc(S(=O)(=O)N3CCCCC3)c2)n[nH]c1=O. The third kappa shape index (κ3) is 5.13. The molecular weight excluding hydrogens is 426 g/mol. The normalized spacial score (nSPS) is 16.3. The van der Waals surface area contributed by atoms with Gasteiger partial charge in [0.15, 0.2) is 5.16 Å². The van der Waals surface area contributed by atoms with Crippen LogP contribution in [0.1, 0.15) is 39.5 Å². The molecule has 1 aliphatic rings. The Hall–Kier alpha value is -2.11. The van der Waals surface area contributed by atoms with Gasteiger partial charge >= 0.3 is 5.69 Å². The Bertz CT molecular complexity index is 1040. The summed E-state index contributed by atoms with van der Waals surface area (Å²) in [7, 11) is -3.57. The van der Waals surface area contributed by atoms with E-state index in [1.807, 2.05) is 6.92 Å². The van der Waals surface area contributed by atoms with Crippen molar-refractivity contribution in [3.63, 3.8) is 0 Å². The first-order valence-electron chi connectivity index (χ1n) is 10.1. The Morgan fingerprint density at radius 1 is 1.30 bits per heavy atom. The number of benzene rings is 1. The lowest BCUT2D eigenvalue weighted by Gasteiger charge is -2.26. The van der Waals surface area contributed by atoms with Crippen molar-refractivity contribution in [3.8, 4) is 0 Å². The fourth-order valence-corrected chi connectivity index (χ4v) is 5.70. The molecule has 30 heavy (non-hydrogen) atoms. The molecule has 1 unspecified atom stereocenters. The number of amides is 1. The van der Waals surface area contributed by atoms with Crippen molar-refractivity contribution in [2.45, 2.75) is 61.4 Å². The third-order valence-electron chi connectivity index (χ3n) is 4.88. The van der Waals surface area contributed by atoms with E-state index in [4.69, 9.17) is 0 Å². The number of anilines is 1. The second kappa shape index (κ2) is 9.80. The number of thioether (sulfide) groups is 1. The summed E-state index contributed by atoms with van der Waals surface area (Å²) in [6, 6.07) is 6.31. The molecule has 1 aromatic heterocycles.